The van der Waals surface area contributed by atoms with Crippen molar-refractivity contribution in [2.75, 3.05) is 13.1 Å². The molecule has 7 rings (SSSR count). The molecule has 2 fully saturated rings. The van der Waals surface area contributed by atoms with Gasteiger partial charge in [0.25, 0.3) is 0 Å². The molecule has 48 heavy (non-hydrogen) atoms. The number of carbonyl (C=O) groups excluding carboxylic acids is 2. The van der Waals surface area contributed by atoms with E-state index in [4.69, 9.17) is 19.4 Å². The molecule has 0 spiro atoms. The number of ether oxygens (including phenoxy) is 2. The molecule has 10 heteroatoms. The van der Waals surface area contributed by atoms with Crippen LogP contribution in [0.4, 0.5) is 9.59 Å². The molecule has 2 aromatic carbocycles. The van der Waals surface area contributed by atoms with Crippen LogP contribution in [0, 0.1) is 0 Å². The highest BCUT2D eigenvalue weighted by molar-refractivity contribution is 5.83. The number of imidazole rings is 2. The van der Waals surface area contributed by atoms with Gasteiger partial charge in [-0.05, 0) is 114 Å². The Hall–Kier alpha value is -4.86. The van der Waals surface area contributed by atoms with Crippen LogP contribution in [0.25, 0.3) is 38.9 Å². The minimum absolute atomic E-state index is 0.0900. The van der Waals surface area contributed by atoms with Gasteiger partial charge in [0.05, 0.1) is 28.8 Å². The second-order valence-corrected chi connectivity index (χ2v) is 14.9. The van der Waals surface area contributed by atoms with Crippen molar-refractivity contribution >= 4 is 28.9 Å². The molecule has 3 aromatic heterocycles. The van der Waals surface area contributed by atoms with E-state index in [0.717, 1.165) is 76.1 Å². The number of likely N-dealkylation sites (tertiary alicyclic amines) is 2. The number of carbonyl (C=O) groups is 2. The second kappa shape index (κ2) is 12.0. The van der Waals surface area contributed by atoms with Crippen LogP contribution < -0.4 is 0 Å². The number of fused-ring (bicyclic) bond motifs is 2. The Kier molecular flexibility index (Phi) is 7.92. The van der Waals surface area contributed by atoms with Gasteiger partial charge in [-0.15, -0.1) is 0 Å². The van der Waals surface area contributed by atoms with Crippen LogP contribution in [0.1, 0.15) is 90.8 Å². The van der Waals surface area contributed by atoms with Gasteiger partial charge >= 0.3 is 12.2 Å². The zero-order valence-electron chi connectivity index (χ0n) is 28.6. The third-order valence-electron chi connectivity index (χ3n) is 8.95. The smallest absolute Gasteiger partial charge is 0.410 e. The van der Waals surface area contributed by atoms with Crippen LogP contribution >= 0.6 is 0 Å². The van der Waals surface area contributed by atoms with Crippen molar-refractivity contribution in [3.63, 3.8) is 0 Å². The van der Waals surface area contributed by atoms with Gasteiger partial charge in [-0.3, -0.25) is 9.80 Å². The van der Waals surface area contributed by atoms with Crippen LogP contribution in [-0.4, -0.2) is 65.6 Å². The number of benzene rings is 2. The standard InChI is InChI=1S/C38H44N6O4/c1-37(2,3)47-35(45)43-18-7-9-31(43)30-23-42-20-17-27(22-33(42)39-30)25-13-11-24(12-14-25)26-15-16-28-29(21-26)41-34(40-28)32-10-8-19-44(32)36(46)48-38(4,5)6/h11-17,20-23,31-32H,7-10,18-19H2,1-6H3,(H,40,41)/t31-,32-/m0/s1. The van der Waals surface area contributed by atoms with Crippen LogP contribution in [-0.2, 0) is 9.47 Å². The fourth-order valence-electron chi connectivity index (χ4n) is 6.77. The molecule has 2 aliphatic rings. The lowest BCUT2D eigenvalue weighted by Crippen LogP contribution is -2.36. The first-order chi connectivity index (χ1) is 22.8. The number of hydrogen-bond donors (Lipinski definition) is 1. The van der Waals surface area contributed by atoms with E-state index in [1.165, 1.54) is 0 Å². The van der Waals surface area contributed by atoms with Gasteiger partial charge in [-0.2, -0.15) is 0 Å². The first-order valence-electron chi connectivity index (χ1n) is 16.9. The highest BCUT2D eigenvalue weighted by Gasteiger charge is 2.36. The second-order valence-electron chi connectivity index (χ2n) is 14.9. The number of aromatic amines is 1. The topological polar surface area (TPSA) is 105 Å². The summed E-state index contributed by atoms with van der Waals surface area (Å²) in [5.74, 6) is 0.795. The molecule has 0 bridgehead atoms. The van der Waals surface area contributed by atoms with Gasteiger partial charge in [0.1, 0.15) is 22.7 Å². The summed E-state index contributed by atoms with van der Waals surface area (Å²) < 4.78 is 13.3. The third kappa shape index (κ3) is 6.48. The monoisotopic (exact) mass is 648 g/mol. The summed E-state index contributed by atoms with van der Waals surface area (Å²) in [4.78, 5) is 42.6. The minimum atomic E-state index is -0.541. The molecule has 10 nitrogen and oxygen atoms in total. The fraction of sp³-hybridized carbons (Fsp3) is 0.421. The highest BCUT2D eigenvalue weighted by atomic mass is 16.6. The number of nitrogens with one attached hydrogen (secondary N) is 1. The van der Waals surface area contributed by atoms with Crippen molar-refractivity contribution in [1.82, 2.24) is 29.2 Å². The van der Waals surface area contributed by atoms with E-state index in [1.807, 2.05) is 69.3 Å². The molecule has 2 aliphatic heterocycles. The van der Waals surface area contributed by atoms with E-state index in [-0.39, 0.29) is 24.3 Å². The average Bonchev–Trinajstić information content (AvgIpc) is 3.83. The Morgan fingerprint density at radius 3 is 1.92 bits per heavy atom. The van der Waals surface area contributed by atoms with E-state index in [1.54, 1.807) is 4.90 Å². The number of H-pyrrole nitrogens is 1. The molecule has 0 unspecified atom stereocenters. The SMILES string of the molecule is CC(C)(C)OC(=O)N1CCC[C@H]1c1cn2ccc(-c3ccc(-c4ccc5nc([C@@H]6CCCN6C(=O)OC(C)(C)C)[nH]c5c4)cc3)cc2n1. The van der Waals surface area contributed by atoms with Gasteiger partial charge in [-0.1, -0.05) is 30.3 Å². The molecule has 2 amide bonds. The van der Waals surface area contributed by atoms with E-state index < -0.39 is 11.2 Å². The molecule has 5 heterocycles. The molecule has 5 aromatic rings. The van der Waals surface area contributed by atoms with Gasteiger partial charge in [-0.25, -0.2) is 19.6 Å². The predicted molar refractivity (Wildman–Crippen MR) is 186 cm³/mol. The predicted octanol–water partition coefficient (Wildman–Crippen LogP) is 8.69. The largest absolute Gasteiger partial charge is 0.444 e. The van der Waals surface area contributed by atoms with Crippen molar-refractivity contribution in [3.8, 4) is 22.3 Å². The molecule has 2 atom stereocenters. The van der Waals surface area contributed by atoms with Crippen molar-refractivity contribution in [3.05, 3.63) is 78.5 Å². The molecule has 0 radical (unpaired) electrons. The summed E-state index contributed by atoms with van der Waals surface area (Å²) >= 11 is 0. The molecular formula is C38H44N6O4. The summed E-state index contributed by atoms with van der Waals surface area (Å²) in [7, 11) is 0. The number of amides is 2. The first kappa shape index (κ1) is 31.7. The van der Waals surface area contributed by atoms with E-state index >= 15 is 0 Å². The lowest BCUT2D eigenvalue weighted by Gasteiger charge is -2.27. The summed E-state index contributed by atoms with van der Waals surface area (Å²) in [6.45, 7) is 12.7. The van der Waals surface area contributed by atoms with E-state index in [0.29, 0.717) is 13.1 Å². The van der Waals surface area contributed by atoms with E-state index in [2.05, 4.69) is 53.5 Å². The summed E-state index contributed by atoms with van der Waals surface area (Å²) in [6.07, 6.45) is 7.04. The first-order valence-corrected chi connectivity index (χ1v) is 16.9. The quantitative estimate of drug-likeness (QED) is 0.209. The molecular weight excluding hydrogens is 604 g/mol. The maximum absolute atomic E-state index is 12.9. The van der Waals surface area contributed by atoms with Gasteiger partial charge in [0, 0.05) is 25.5 Å². The Bertz CT molecular complexity index is 1840. The van der Waals surface area contributed by atoms with E-state index in [9.17, 15) is 9.59 Å². The summed E-state index contributed by atoms with van der Waals surface area (Å²) in [5.41, 5.74) is 6.81. The minimum Gasteiger partial charge on any atom is -0.444 e. The van der Waals surface area contributed by atoms with Crippen molar-refractivity contribution in [2.24, 2.45) is 0 Å². The zero-order valence-corrected chi connectivity index (χ0v) is 28.6. The maximum atomic E-state index is 12.9. The third-order valence-corrected chi connectivity index (χ3v) is 8.95. The van der Waals surface area contributed by atoms with Gasteiger partial charge in [0.2, 0.25) is 0 Å². The lowest BCUT2D eigenvalue weighted by molar-refractivity contribution is 0.0210. The van der Waals surface area contributed by atoms with Crippen molar-refractivity contribution in [1.29, 1.82) is 0 Å². The van der Waals surface area contributed by atoms with Gasteiger partial charge < -0.3 is 18.9 Å². The molecule has 0 aliphatic carbocycles. The molecule has 1 N–H and O–H groups in total. The summed E-state index contributed by atoms with van der Waals surface area (Å²) in [6, 6.07) is 18.7. The number of nitrogens with zero attached hydrogens (tertiary/aromatic N) is 5. The fourth-order valence-corrected chi connectivity index (χ4v) is 6.77. The Labute approximate surface area is 281 Å². The van der Waals surface area contributed by atoms with Gasteiger partial charge in [0.15, 0.2) is 0 Å². The normalized spacial score (nSPS) is 18.6. The lowest BCUT2D eigenvalue weighted by atomic mass is 10.0. The molecule has 0 saturated carbocycles. The average molecular weight is 649 g/mol. The molecule has 2 saturated heterocycles. The highest BCUT2D eigenvalue weighted by Crippen LogP contribution is 2.35. The van der Waals surface area contributed by atoms with Crippen LogP contribution in [0.15, 0.2) is 67.0 Å². The number of hydrogen-bond acceptors (Lipinski definition) is 6. The molecule has 250 valence electrons. The number of pyridine rings is 1. The van der Waals surface area contributed by atoms with Crippen molar-refractivity contribution < 1.29 is 19.1 Å². The maximum Gasteiger partial charge on any atom is 0.410 e. The van der Waals surface area contributed by atoms with Crippen LogP contribution in [0.5, 0.6) is 0 Å². The Balaban J connectivity index is 1.08. The summed E-state index contributed by atoms with van der Waals surface area (Å²) in [5, 5.41) is 0. The van der Waals surface area contributed by atoms with Crippen LogP contribution in [0.2, 0.25) is 0 Å². The number of aromatic nitrogens is 4. The van der Waals surface area contributed by atoms with Crippen molar-refractivity contribution in [2.45, 2.75) is 90.5 Å². The Morgan fingerprint density at radius 2 is 1.29 bits per heavy atom. The zero-order chi connectivity index (χ0) is 33.8. The van der Waals surface area contributed by atoms with Crippen LogP contribution in [0.3, 0.4) is 0 Å². The number of rotatable bonds is 4. The Morgan fingerprint density at radius 1 is 0.729 bits per heavy atom.